The fourth-order valence-electron chi connectivity index (χ4n) is 2.11. The van der Waals surface area contributed by atoms with E-state index in [0.29, 0.717) is 36.4 Å². The lowest BCUT2D eigenvalue weighted by Gasteiger charge is -1.99. The van der Waals surface area contributed by atoms with E-state index in [0.717, 1.165) is 0 Å². The van der Waals surface area contributed by atoms with Crippen molar-refractivity contribution in [2.75, 3.05) is 0 Å². The van der Waals surface area contributed by atoms with E-state index < -0.39 is 84.8 Å². The van der Waals surface area contributed by atoms with Crippen molar-refractivity contribution in [3.8, 4) is 0 Å². The van der Waals surface area contributed by atoms with Crippen LogP contribution in [0.1, 0.15) is 0 Å². The number of non-ortho nitro benzene ring substituents is 2. The van der Waals surface area contributed by atoms with Crippen molar-refractivity contribution >= 4 is 55.3 Å². The molecule has 0 aliphatic rings. The molecule has 2 aromatic rings. The standard InChI is InChI=1S/C12H6N4O14S3/c17-13(18)7-1-3-11(32(23,24)25)9(5-7)15(21)29-31-30-16(22)10-6-8(14(19)20)2-4-12(10)33(26,27)28/h1-6H/p+2. The molecule has 176 valence electrons. The van der Waals surface area contributed by atoms with Gasteiger partial charge in [0.05, 0.1) is 31.8 Å². The van der Waals surface area contributed by atoms with Gasteiger partial charge < -0.3 is 0 Å². The molecule has 0 atom stereocenters. The molecule has 0 aromatic heterocycles. The molecule has 0 amide bonds. The molecule has 0 unspecified atom stereocenters. The van der Waals surface area contributed by atoms with E-state index >= 15 is 0 Å². The molecule has 21 heteroatoms. The number of hydrogen-bond donors (Lipinski definition) is 2. The second-order valence-corrected chi connectivity index (χ2v) is 8.71. The first kappa shape index (κ1) is 25.5. The molecule has 0 fully saturated rings. The average molecular weight is 528 g/mol. The molecule has 0 saturated heterocycles. The van der Waals surface area contributed by atoms with Gasteiger partial charge in [0.15, 0.2) is 9.79 Å². The summed E-state index contributed by atoms with van der Waals surface area (Å²) >= 11 is -0.539. The van der Waals surface area contributed by atoms with Gasteiger partial charge in [0.1, 0.15) is 0 Å². The Hall–Kier alpha value is -3.79. The average Bonchev–Trinajstić information content (AvgIpc) is 2.71. The predicted molar refractivity (Wildman–Crippen MR) is 102 cm³/mol. The zero-order chi connectivity index (χ0) is 25.1. The van der Waals surface area contributed by atoms with Crippen molar-refractivity contribution in [3.63, 3.8) is 0 Å². The highest BCUT2D eigenvalue weighted by molar-refractivity contribution is 7.89. The molecule has 0 spiro atoms. The lowest BCUT2D eigenvalue weighted by atomic mass is 10.3. The summed E-state index contributed by atoms with van der Waals surface area (Å²) in [5.41, 5.74) is -3.77. The summed E-state index contributed by atoms with van der Waals surface area (Å²) < 4.78 is 72.3. The van der Waals surface area contributed by atoms with Gasteiger partial charge in [-0.25, -0.2) is 0 Å². The zero-order valence-corrected chi connectivity index (χ0v) is 17.7. The zero-order valence-electron chi connectivity index (χ0n) is 15.3. The van der Waals surface area contributed by atoms with Gasteiger partial charge >= 0.3 is 43.9 Å². The van der Waals surface area contributed by atoms with Gasteiger partial charge in [-0.05, 0) is 12.1 Å². The number of nitro groups is 2. The third-order valence-electron chi connectivity index (χ3n) is 3.45. The molecule has 2 rings (SSSR count). The molecular formula is C12H8N4O14S3+2. The molecule has 18 nitrogen and oxygen atoms in total. The number of benzene rings is 2. The quantitative estimate of drug-likeness (QED) is 0.193. The first-order valence-electron chi connectivity index (χ1n) is 7.60. The molecular weight excluding hydrogens is 520 g/mol. The molecule has 0 radical (unpaired) electrons. The van der Waals surface area contributed by atoms with Crippen molar-refractivity contribution < 1.29 is 54.2 Å². The van der Waals surface area contributed by atoms with Gasteiger partial charge in [-0.3, -0.25) is 29.3 Å². The Balaban J connectivity index is 2.28. The molecule has 0 aliphatic heterocycles. The van der Waals surface area contributed by atoms with Gasteiger partial charge in [0.2, 0.25) is 0 Å². The SMILES string of the molecule is O=[N+]([O-])c1ccc(S(=O)(=O)O)c([N+](=O)OSO[N+](=O)c2cc([N+](=O)[O-])ccc2S(=O)(=O)O)c1. The molecule has 0 saturated carbocycles. The van der Waals surface area contributed by atoms with E-state index in [1.165, 1.54) is 0 Å². The smallest absolute Gasteiger partial charge is 0.282 e. The molecule has 0 heterocycles. The summed E-state index contributed by atoms with van der Waals surface area (Å²) in [5.74, 6) is 0. The van der Waals surface area contributed by atoms with Crippen LogP contribution in [0.2, 0.25) is 0 Å². The Kier molecular flexibility index (Phi) is 7.23. The van der Waals surface area contributed by atoms with Crippen LogP contribution in [-0.4, -0.2) is 45.6 Å². The largest absolute Gasteiger partial charge is 0.451 e. The van der Waals surface area contributed by atoms with Crippen molar-refractivity contribution in [1.29, 1.82) is 0 Å². The Labute approximate surface area is 186 Å². The Morgan fingerprint density at radius 2 is 1.03 bits per heavy atom. The van der Waals surface area contributed by atoms with E-state index in [1.807, 2.05) is 0 Å². The van der Waals surface area contributed by atoms with E-state index in [1.54, 1.807) is 0 Å². The van der Waals surface area contributed by atoms with Crippen LogP contribution >= 0.6 is 12.3 Å². The molecule has 33 heavy (non-hydrogen) atoms. The number of nitro benzene ring substituents is 2. The fraction of sp³-hybridized carbons (Fsp3) is 0. The van der Waals surface area contributed by atoms with Crippen LogP contribution in [0.5, 0.6) is 0 Å². The highest BCUT2D eigenvalue weighted by Crippen LogP contribution is 2.32. The second kappa shape index (κ2) is 9.37. The minimum Gasteiger partial charge on any atom is -0.282 e. The normalized spacial score (nSPS) is 11.5. The van der Waals surface area contributed by atoms with Crippen LogP contribution in [0, 0.1) is 30.0 Å². The molecule has 2 aromatic carbocycles. The van der Waals surface area contributed by atoms with Crippen molar-refractivity contribution in [1.82, 2.24) is 0 Å². The van der Waals surface area contributed by atoms with Crippen LogP contribution in [0.25, 0.3) is 0 Å². The van der Waals surface area contributed by atoms with E-state index in [2.05, 4.69) is 8.57 Å². The highest BCUT2D eigenvalue weighted by atomic mass is 32.2. The number of rotatable bonds is 10. The van der Waals surface area contributed by atoms with Gasteiger partial charge in [-0.2, -0.15) is 16.8 Å². The van der Waals surface area contributed by atoms with E-state index in [9.17, 15) is 46.9 Å². The summed E-state index contributed by atoms with van der Waals surface area (Å²) in [6, 6.07) is 3.16. The maximum absolute atomic E-state index is 12.0. The molecule has 2 N–H and O–H groups in total. The summed E-state index contributed by atoms with van der Waals surface area (Å²) in [7, 11) is -10.1. The molecule has 0 bridgehead atoms. The topological polar surface area (TPSA) is 254 Å². The van der Waals surface area contributed by atoms with Crippen molar-refractivity contribution in [2.45, 2.75) is 9.79 Å². The minimum atomic E-state index is -5.07. The third kappa shape index (κ3) is 6.13. The fourth-order valence-corrected chi connectivity index (χ4v) is 3.68. The van der Waals surface area contributed by atoms with Gasteiger partial charge in [-0.15, -0.1) is 0 Å². The monoisotopic (exact) mass is 528 g/mol. The molecule has 0 aliphatic carbocycles. The Morgan fingerprint density at radius 1 is 0.697 bits per heavy atom. The second-order valence-electron chi connectivity index (χ2n) is 5.50. The van der Waals surface area contributed by atoms with Gasteiger partial charge in [0.25, 0.3) is 21.2 Å². The van der Waals surface area contributed by atoms with E-state index in [4.69, 9.17) is 9.11 Å². The maximum Gasteiger partial charge on any atom is 0.451 e. The Bertz CT molecular complexity index is 1280. The predicted octanol–water partition coefficient (Wildman–Crippen LogP) is 1.94. The Morgan fingerprint density at radius 3 is 1.30 bits per heavy atom. The lowest BCUT2D eigenvalue weighted by molar-refractivity contribution is -0.725. The van der Waals surface area contributed by atoms with Crippen LogP contribution in [0.4, 0.5) is 22.7 Å². The first-order valence-corrected chi connectivity index (χ1v) is 11.2. The third-order valence-corrected chi connectivity index (χ3v) is 5.65. The highest BCUT2D eigenvalue weighted by Gasteiger charge is 2.36. The summed E-state index contributed by atoms with van der Waals surface area (Å²) in [6.07, 6.45) is 0. The summed E-state index contributed by atoms with van der Waals surface area (Å²) in [4.78, 5) is 40.0. The van der Waals surface area contributed by atoms with Crippen LogP contribution in [0.15, 0.2) is 46.2 Å². The van der Waals surface area contributed by atoms with Gasteiger partial charge in [-0.1, -0.05) is 8.57 Å². The number of nitrogens with zero attached hydrogens (tertiary/aromatic N) is 4. The first-order chi connectivity index (χ1) is 15.1. The van der Waals surface area contributed by atoms with Crippen molar-refractivity contribution in [3.05, 3.63) is 66.4 Å². The van der Waals surface area contributed by atoms with Crippen molar-refractivity contribution in [2.24, 2.45) is 0 Å². The van der Waals surface area contributed by atoms with Crippen LogP contribution in [0.3, 0.4) is 0 Å². The maximum atomic E-state index is 12.0. The van der Waals surface area contributed by atoms with Crippen LogP contribution < -0.4 is 0 Å². The number of hydrogen-bond acceptors (Lipinski definition) is 13. The lowest BCUT2D eigenvalue weighted by Crippen LogP contribution is -2.09. The summed E-state index contributed by atoms with van der Waals surface area (Å²) in [5, 5.41) is 21.6. The van der Waals surface area contributed by atoms with Gasteiger partial charge in [0, 0.05) is 12.1 Å². The summed E-state index contributed by atoms with van der Waals surface area (Å²) in [6.45, 7) is 0. The van der Waals surface area contributed by atoms with E-state index in [-0.39, 0.29) is 0 Å². The minimum absolute atomic E-state index is 0.405. The van der Waals surface area contributed by atoms with Crippen LogP contribution in [-0.2, 0) is 28.8 Å².